The second-order valence-electron chi connectivity index (χ2n) is 4.76. The number of nitrogens with zero attached hydrogens (tertiary/aromatic N) is 3. The smallest absolute Gasteiger partial charge is 0.0521 e. The fourth-order valence-corrected chi connectivity index (χ4v) is 2.37. The number of hydrogen-bond donors (Lipinski definition) is 1. The highest BCUT2D eigenvalue weighted by molar-refractivity contribution is 5.03. The molecule has 0 bridgehead atoms. The number of rotatable bonds is 5. The Morgan fingerprint density at radius 1 is 1.56 bits per heavy atom. The Hall–Kier alpha value is -0.870. The Bertz CT molecular complexity index is 324. The maximum Gasteiger partial charge on any atom is 0.0521 e. The quantitative estimate of drug-likeness (QED) is 0.797. The zero-order valence-electron chi connectivity index (χ0n) is 9.97. The number of aromatic nitrogens is 2. The van der Waals surface area contributed by atoms with Gasteiger partial charge in [-0.05, 0) is 43.8 Å². The van der Waals surface area contributed by atoms with Crippen molar-refractivity contribution in [2.24, 2.45) is 13.0 Å². The molecular weight excluding hydrogens is 202 g/mol. The molecule has 1 aromatic heterocycles. The van der Waals surface area contributed by atoms with E-state index in [9.17, 15) is 0 Å². The van der Waals surface area contributed by atoms with E-state index in [1.165, 1.54) is 12.0 Å². The van der Waals surface area contributed by atoms with Crippen molar-refractivity contribution in [2.75, 3.05) is 26.2 Å². The zero-order chi connectivity index (χ0) is 11.4. The second kappa shape index (κ2) is 5.46. The van der Waals surface area contributed by atoms with Crippen molar-refractivity contribution in [3.05, 3.63) is 18.0 Å². The molecule has 1 atom stereocenters. The summed E-state index contributed by atoms with van der Waals surface area (Å²) in [6.07, 6.45) is 7.47. The van der Waals surface area contributed by atoms with Gasteiger partial charge in [0, 0.05) is 26.4 Å². The van der Waals surface area contributed by atoms with Crippen LogP contribution in [0.5, 0.6) is 0 Å². The molecule has 1 saturated heterocycles. The van der Waals surface area contributed by atoms with Crippen LogP contribution in [0, 0.1) is 5.92 Å². The Labute approximate surface area is 96.9 Å². The van der Waals surface area contributed by atoms with E-state index in [0.29, 0.717) is 12.5 Å². The first-order chi connectivity index (χ1) is 7.78. The molecular formula is C12H21N3O. The minimum atomic E-state index is 0.346. The molecule has 0 spiro atoms. The molecule has 4 nitrogen and oxygen atoms in total. The lowest BCUT2D eigenvalue weighted by atomic mass is 10.1. The maximum atomic E-state index is 9.05. The third-order valence-corrected chi connectivity index (χ3v) is 3.33. The van der Waals surface area contributed by atoms with Crippen LogP contribution in [0.25, 0.3) is 0 Å². The Kier molecular flexibility index (Phi) is 3.96. The van der Waals surface area contributed by atoms with Crippen molar-refractivity contribution < 1.29 is 5.11 Å². The lowest BCUT2D eigenvalue weighted by molar-refractivity contribution is 0.221. The lowest BCUT2D eigenvalue weighted by Crippen LogP contribution is -2.23. The fraction of sp³-hybridized carbons (Fsp3) is 0.750. The minimum Gasteiger partial charge on any atom is -0.396 e. The first-order valence-electron chi connectivity index (χ1n) is 6.08. The molecule has 0 saturated carbocycles. The van der Waals surface area contributed by atoms with Gasteiger partial charge < -0.3 is 10.0 Å². The minimum absolute atomic E-state index is 0.346. The summed E-state index contributed by atoms with van der Waals surface area (Å²) in [7, 11) is 1.95. The van der Waals surface area contributed by atoms with E-state index >= 15 is 0 Å². The highest BCUT2D eigenvalue weighted by Crippen LogP contribution is 2.15. The molecule has 90 valence electrons. The van der Waals surface area contributed by atoms with Crippen molar-refractivity contribution >= 4 is 0 Å². The number of likely N-dealkylation sites (tertiary alicyclic amines) is 1. The van der Waals surface area contributed by atoms with Crippen molar-refractivity contribution in [2.45, 2.75) is 19.3 Å². The molecule has 0 amide bonds. The van der Waals surface area contributed by atoms with E-state index in [1.54, 1.807) is 0 Å². The van der Waals surface area contributed by atoms with Gasteiger partial charge in [-0.1, -0.05) is 0 Å². The van der Waals surface area contributed by atoms with Gasteiger partial charge >= 0.3 is 0 Å². The van der Waals surface area contributed by atoms with E-state index in [-0.39, 0.29) is 0 Å². The van der Waals surface area contributed by atoms with Crippen molar-refractivity contribution in [1.82, 2.24) is 14.7 Å². The maximum absolute atomic E-state index is 9.05. The van der Waals surface area contributed by atoms with Crippen LogP contribution in [0.4, 0.5) is 0 Å². The van der Waals surface area contributed by atoms with Crippen LogP contribution < -0.4 is 0 Å². The highest BCUT2D eigenvalue weighted by atomic mass is 16.3. The molecule has 0 radical (unpaired) electrons. The Balaban J connectivity index is 1.65. The summed E-state index contributed by atoms with van der Waals surface area (Å²) < 4.78 is 1.85. The number of aryl methyl sites for hydroxylation is 2. The monoisotopic (exact) mass is 223 g/mol. The summed E-state index contributed by atoms with van der Waals surface area (Å²) in [4.78, 5) is 2.46. The molecule has 4 heteroatoms. The predicted octanol–water partition coefficient (Wildman–Crippen LogP) is 0.667. The van der Waals surface area contributed by atoms with Crippen LogP contribution in [0.2, 0.25) is 0 Å². The van der Waals surface area contributed by atoms with E-state index < -0.39 is 0 Å². The third-order valence-electron chi connectivity index (χ3n) is 3.33. The molecule has 1 N–H and O–H groups in total. The van der Waals surface area contributed by atoms with Gasteiger partial charge in [0.1, 0.15) is 0 Å². The van der Waals surface area contributed by atoms with Gasteiger partial charge in [0.05, 0.1) is 6.20 Å². The van der Waals surface area contributed by atoms with Gasteiger partial charge in [0.2, 0.25) is 0 Å². The SMILES string of the molecule is Cn1cc(CCCN2CCC(CO)C2)cn1. The van der Waals surface area contributed by atoms with Crippen molar-refractivity contribution in [1.29, 1.82) is 0 Å². The van der Waals surface area contributed by atoms with Crippen LogP contribution in [-0.4, -0.2) is 46.0 Å². The largest absolute Gasteiger partial charge is 0.396 e. The van der Waals surface area contributed by atoms with Gasteiger partial charge in [-0.15, -0.1) is 0 Å². The summed E-state index contributed by atoms with van der Waals surface area (Å²) in [5, 5.41) is 13.2. The average Bonchev–Trinajstić information content (AvgIpc) is 2.88. The first-order valence-corrected chi connectivity index (χ1v) is 6.08. The van der Waals surface area contributed by atoms with Gasteiger partial charge in [-0.25, -0.2) is 0 Å². The van der Waals surface area contributed by atoms with Gasteiger partial charge in [-0.2, -0.15) is 5.10 Å². The second-order valence-corrected chi connectivity index (χ2v) is 4.76. The summed E-state index contributed by atoms with van der Waals surface area (Å²) >= 11 is 0. The zero-order valence-corrected chi connectivity index (χ0v) is 9.97. The molecule has 1 aliphatic heterocycles. The van der Waals surface area contributed by atoms with E-state index in [4.69, 9.17) is 5.11 Å². The summed E-state index contributed by atoms with van der Waals surface area (Å²) in [5.41, 5.74) is 1.32. The van der Waals surface area contributed by atoms with Crippen molar-refractivity contribution in [3.8, 4) is 0 Å². The molecule has 0 aliphatic carbocycles. The molecule has 2 rings (SSSR count). The molecule has 0 aromatic carbocycles. The normalized spacial score (nSPS) is 21.8. The van der Waals surface area contributed by atoms with Gasteiger partial charge in [-0.3, -0.25) is 4.68 Å². The summed E-state index contributed by atoms with van der Waals surface area (Å²) in [5.74, 6) is 0.512. The average molecular weight is 223 g/mol. The van der Waals surface area contributed by atoms with E-state index in [1.807, 2.05) is 17.9 Å². The molecule has 2 heterocycles. The summed E-state index contributed by atoms with van der Waals surface area (Å²) in [6, 6.07) is 0. The molecule has 16 heavy (non-hydrogen) atoms. The van der Waals surface area contributed by atoms with Crippen LogP contribution in [0.1, 0.15) is 18.4 Å². The molecule has 1 fully saturated rings. The van der Waals surface area contributed by atoms with Crippen molar-refractivity contribution in [3.63, 3.8) is 0 Å². The lowest BCUT2D eigenvalue weighted by Gasteiger charge is -2.14. The molecule has 1 aliphatic rings. The number of aliphatic hydroxyl groups excluding tert-OH is 1. The van der Waals surface area contributed by atoms with Gasteiger partial charge in [0.25, 0.3) is 0 Å². The fourth-order valence-electron chi connectivity index (χ4n) is 2.37. The van der Waals surface area contributed by atoms with Gasteiger partial charge in [0.15, 0.2) is 0 Å². The van der Waals surface area contributed by atoms with E-state index in [2.05, 4.69) is 16.2 Å². The van der Waals surface area contributed by atoms with E-state index in [0.717, 1.165) is 32.5 Å². The Morgan fingerprint density at radius 2 is 2.44 bits per heavy atom. The molecule has 1 unspecified atom stereocenters. The number of hydrogen-bond acceptors (Lipinski definition) is 3. The third kappa shape index (κ3) is 3.06. The van der Waals surface area contributed by atoms with Crippen LogP contribution >= 0.6 is 0 Å². The highest BCUT2D eigenvalue weighted by Gasteiger charge is 2.20. The van der Waals surface area contributed by atoms with Crippen LogP contribution in [0.3, 0.4) is 0 Å². The number of aliphatic hydroxyl groups is 1. The standard InChI is InChI=1S/C12H21N3O/c1-14-8-11(7-13-14)3-2-5-15-6-4-12(9-15)10-16/h7-8,12,16H,2-6,9-10H2,1H3. The topological polar surface area (TPSA) is 41.3 Å². The summed E-state index contributed by atoms with van der Waals surface area (Å²) in [6.45, 7) is 3.71. The molecule has 1 aromatic rings. The predicted molar refractivity (Wildman–Crippen MR) is 63.2 cm³/mol. The first kappa shape index (κ1) is 11.6. The van der Waals surface area contributed by atoms with Crippen LogP contribution in [0.15, 0.2) is 12.4 Å². The van der Waals surface area contributed by atoms with Crippen LogP contribution in [-0.2, 0) is 13.5 Å². The Morgan fingerprint density at radius 3 is 3.06 bits per heavy atom.